The fourth-order valence-electron chi connectivity index (χ4n) is 5.80. The molecular weight excluding hydrogens is 522 g/mol. The third-order valence-corrected chi connectivity index (χ3v) is 15.7. The van der Waals surface area contributed by atoms with Crippen LogP contribution in [0.5, 0.6) is 0 Å². The van der Waals surface area contributed by atoms with Gasteiger partial charge in [0.25, 0.3) is 5.24 Å². The largest absolute Gasteiger partial charge is 0.276 e. The smallest absolute Gasteiger partial charge is 0.252 e. The molecule has 2 aromatic rings. The van der Waals surface area contributed by atoms with Gasteiger partial charge in [-0.15, -0.1) is 0 Å². The molecule has 0 radical (unpaired) electrons. The SMILES string of the molecule is CC(C)(c1ccc(C(=O)Cl)cc1)c1ccc(CP(C(C)(C)C)C(C)(C)C)c(CP(C(C)(C)C)C(C)(C)C)c1. The molecule has 0 unspecified atom stereocenters. The van der Waals surface area contributed by atoms with Crippen LogP contribution in [-0.2, 0) is 17.7 Å². The number of hydrogen-bond acceptors (Lipinski definition) is 1. The maximum atomic E-state index is 11.6. The number of rotatable bonds is 7. The highest BCUT2D eigenvalue weighted by atomic mass is 35.5. The maximum Gasteiger partial charge on any atom is 0.252 e. The molecule has 0 spiro atoms. The van der Waals surface area contributed by atoms with E-state index in [1.54, 1.807) is 0 Å². The van der Waals surface area contributed by atoms with E-state index in [4.69, 9.17) is 11.6 Å². The first-order valence-electron chi connectivity index (χ1n) is 13.9. The van der Waals surface area contributed by atoms with E-state index < -0.39 is 5.24 Å². The van der Waals surface area contributed by atoms with Gasteiger partial charge in [-0.2, -0.15) is 0 Å². The van der Waals surface area contributed by atoms with Crippen LogP contribution in [0.3, 0.4) is 0 Å². The van der Waals surface area contributed by atoms with Crippen LogP contribution >= 0.6 is 27.4 Å². The summed E-state index contributed by atoms with van der Waals surface area (Å²) >= 11 is 5.72. The van der Waals surface area contributed by atoms with Crippen molar-refractivity contribution in [3.8, 4) is 0 Å². The van der Waals surface area contributed by atoms with Gasteiger partial charge in [0.2, 0.25) is 0 Å². The van der Waals surface area contributed by atoms with Crippen molar-refractivity contribution < 1.29 is 4.79 Å². The van der Waals surface area contributed by atoms with Crippen LogP contribution in [0.25, 0.3) is 0 Å². The Balaban J connectivity index is 2.69. The van der Waals surface area contributed by atoms with Crippen molar-refractivity contribution in [2.24, 2.45) is 0 Å². The third-order valence-electron chi connectivity index (χ3n) is 7.66. The topological polar surface area (TPSA) is 17.1 Å². The summed E-state index contributed by atoms with van der Waals surface area (Å²) in [5.74, 6) is 0. The minimum absolute atomic E-state index is 0.188. The molecule has 2 rings (SSSR count). The summed E-state index contributed by atoms with van der Waals surface area (Å²) in [7, 11) is -0.521. The lowest BCUT2D eigenvalue weighted by Crippen LogP contribution is -2.27. The predicted molar refractivity (Wildman–Crippen MR) is 175 cm³/mol. The summed E-state index contributed by atoms with van der Waals surface area (Å²) in [5, 5.41) is 0.679. The average Bonchev–Trinajstić information content (AvgIpc) is 2.72. The summed E-state index contributed by atoms with van der Waals surface area (Å²) in [5.41, 5.74) is 5.94. The molecule has 0 amide bonds. The number of hydrogen-bond donors (Lipinski definition) is 0. The minimum Gasteiger partial charge on any atom is -0.276 e. The van der Waals surface area contributed by atoms with Gasteiger partial charge in [0, 0.05) is 11.0 Å². The molecule has 0 saturated heterocycles. The quantitative estimate of drug-likeness (QED) is 0.237. The number of benzene rings is 2. The van der Waals surface area contributed by atoms with Gasteiger partial charge in [-0.3, -0.25) is 4.79 Å². The van der Waals surface area contributed by atoms with Crippen LogP contribution in [0.4, 0.5) is 0 Å². The number of carbonyl (C=O) groups is 1. The Labute approximate surface area is 242 Å². The molecule has 38 heavy (non-hydrogen) atoms. The first kappa shape index (κ1) is 33.5. The van der Waals surface area contributed by atoms with Crippen LogP contribution in [-0.4, -0.2) is 25.9 Å². The Morgan fingerprint density at radius 3 is 1.32 bits per heavy atom. The van der Waals surface area contributed by atoms with Crippen molar-refractivity contribution in [2.75, 3.05) is 0 Å². The van der Waals surface area contributed by atoms with Crippen LogP contribution < -0.4 is 0 Å². The van der Waals surface area contributed by atoms with E-state index in [0.717, 1.165) is 12.3 Å². The molecule has 0 fully saturated rings. The van der Waals surface area contributed by atoms with Crippen molar-refractivity contribution in [1.29, 1.82) is 0 Å². The van der Waals surface area contributed by atoms with Gasteiger partial charge in [-0.1, -0.05) is 143 Å². The molecular formula is C34H53ClOP2. The van der Waals surface area contributed by atoms with Gasteiger partial charge in [0.05, 0.1) is 0 Å². The highest BCUT2D eigenvalue weighted by molar-refractivity contribution is 7.60. The molecule has 2 aromatic carbocycles. The lowest BCUT2D eigenvalue weighted by Gasteiger charge is -2.44. The van der Waals surface area contributed by atoms with Crippen LogP contribution in [0, 0.1) is 0 Å². The molecule has 0 N–H and O–H groups in total. The van der Waals surface area contributed by atoms with Gasteiger partial charge < -0.3 is 0 Å². The van der Waals surface area contributed by atoms with E-state index in [0.29, 0.717) is 5.56 Å². The van der Waals surface area contributed by atoms with E-state index in [2.05, 4.69) is 127 Å². The van der Waals surface area contributed by atoms with Gasteiger partial charge in [0.1, 0.15) is 0 Å². The van der Waals surface area contributed by atoms with Gasteiger partial charge >= 0.3 is 0 Å². The van der Waals surface area contributed by atoms with Crippen molar-refractivity contribution in [2.45, 2.75) is 135 Å². The molecule has 0 bridgehead atoms. The summed E-state index contributed by atoms with van der Waals surface area (Å²) in [6.45, 7) is 33.7. The normalized spacial score (nSPS) is 13.9. The monoisotopic (exact) mass is 574 g/mol. The summed E-state index contributed by atoms with van der Waals surface area (Å²) in [4.78, 5) is 11.6. The summed E-state index contributed by atoms with van der Waals surface area (Å²) in [6, 6.07) is 15.1. The fraction of sp³-hybridized carbons (Fsp3) is 0.618. The van der Waals surface area contributed by atoms with E-state index >= 15 is 0 Å². The number of carbonyl (C=O) groups excluding carboxylic acids is 1. The molecule has 0 atom stereocenters. The van der Waals surface area contributed by atoms with Gasteiger partial charge in [0.15, 0.2) is 0 Å². The molecule has 0 aromatic heterocycles. The maximum absolute atomic E-state index is 11.6. The van der Waals surface area contributed by atoms with E-state index in [9.17, 15) is 4.79 Å². The third kappa shape index (κ3) is 8.38. The van der Waals surface area contributed by atoms with E-state index in [1.807, 2.05) is 12.1 Å². The Kier molecular flexibility index (Phi) is 10.2. The highest BCUT2D eigenvalue weighted by Gasteiger charge is 2.37. The molecule has 0 heterocycles. The van der Waals surface area contributed by atoms with Crippen LogP contribution in [0.1, 0.15) is 130 Å². The van der Waals surface area contributed by atoms with Crippen LogP contribution in [0.2, 0.25) is 0 Å². The summed E-state index contributed by atoms with van der Waals surface area (Å²) < 4.78 is 0. The van der Waals surface area contributed by atoms with Crippen LogP contribution in [0.15, 0.2) is 42.5 Å². The zero-order chi connectivity index (χ0) is 29.5. The first-order valence-corrected chi connectivity index (χ1v) is 17.4. The predicted octanol–water partition coefficient (Wildman–Crippen LogP) is 11.5. The highest BCUT2D eigenvalue weighted by Crippen LogP contribution is 2.64. The second-order valence-corrected chi connectivity index (χ2v) is 23.4. The van der Waals surface area contributed by atoms with Gasteiger partial charge in [-0.05, 0) is 78.9 Å². The molecule has 212 valence electrons. The van der Waals surface area contributed by atoms with E-state index in [1.165, 1.54) is 22.3 Å². The zero-order valence-corrected chi connectivity index (χ0v) is 29.2. The Bertz CT molecular complexity index is 1080. The van der Waals surface area contributed by atoms with E-state index in [-0.39, 0.29) is 41.9 Å². The Hall–Kier alpha value is -0.740. The molecule has 0 aliphatic rings. The summed E-state index contributed by atoms with van der Waals surface area (Å²) in [6.07, 6.45) is 2.29. The van der Waals surface area contributed by atoms with Gasteiger partial charge in [-0.25, -0.2) is 0 Å². The molecule has 0 aliphatic heterocycles. The second-order valence-electron chi connectivity index (χ2n) is 15.3. The zero-order valence-electron chi connectivity index (χ0n) is 26.6. The molecule has 1 nitrogen and oxygen atoms in total. The van der Waals surface area contributed by atoms with Crippen molar-refractivity contribution in [3.05, 3.63) is 70.3 Å². The minimum atomic E-state index is -0.409. The lowest BCUT2D eigenvalue weighted by atomic mass is 9.77. The average molecular weight is 575 g/mol. The van der Waals surface area contributed by atoms with Crippen molar-refractivity contribution >= 4 is 32.7 Å². The Morgan fingerprint density at radius 1 is 0.579 bits per heavy atom. The molecule has 0 saturated carbocycles. The van der Waals surface area contributed by atoms with Crippen molar-refractivity contribution in [1.82, 2.24) is 0 Å². The Morgan fingerprint density at radius 2 is 0.947 bits per heavy atom. The lowest BCUT2D eigenvalue weighted by molar-refractivity contribution is 0.108. The second kappa shape index (κ2) is 11.6. The number of halogens is 1. The molecule has 0 aliphatic carbocycles. The fourth-order valence-corrected chi connectivity index (χ4v) is 13.1. The molecule has 4 heteroatoms. The standard InChI is InChI=1S/C34H53ClOP2/c1-30(2,3)37(31(4,5)6)22-25-17-20-28(21-26(25)23-38(32(7,8)9)33(10,11)12)34(13,14)27-18-15-24(16-19-27)29(35)36/h15-21H,22-23H2,1-14H3. The van der Waals surface area contributed by atoms with Crippen molar-refractivity contribution in [3.63, 3.8) is 0 Å². The first-order chi connectivity index (χ1) is 17.0.